The van der Waals surface area contributed by atoms with Gasteiger partial charge in [0.15, 0.2) is 0 Å². The third kappa shape index (κ3) is 3.48. The van der Waals surface area contributed by atoms with Gasteiger partial charge in [0.1, 0.15) is 23.0 Å². The molecule has 33 heavy (non-hydrogen) atoms. The van der Waals surface area contributed by atoms with Crippen molar-refractivity contribution in [2.24, 2.45) is 0 Å². The number of aromatic nitrogens is 1. The summed E-state index contributed by atoms with van der Waals surface area (Å²) in [5.41, 5.74) is 1.33. The Balaban J connectivity index is 1.81. The summed E-state index contributed by atoms with van der Waals surface area (Å²) in [5.74, 6) is -4.01. The summed E-state index contributed by atoms with van der Waals surface area (Å²) in [7, 11) is 1.98. The van der Waals surface area contributed by atoms with Gasteiger partial charge in [0.25, 0.3) is 0 Å². The van der Waals surface area contributed by atoms with Gasteiger partial charge in [-0.3, -0.25) is 9.69 Å². The molecular weight excluding hydrogens is 433 g/mol. The van der Waals surface area contributed by atoms with Crippen molar-refractivity contribution in [3.8, 4) is 16.8 Å². The maximum absolute atomic E-state index is 15.2. The first-order valence-corrected chi connectivity index (χ1v) is 10.1. The van der Waals surface area contributed by atoms with Crippen molar-refractivity contribution in [2.45, 2.75) is 13.1 Å². The topological polar surface area (TPSA) is 62.5 Å². The highest BCUT2D eigenvalue weighted by Crippen LogP contribution is 2.32. The minimum atomic E-state index is -1.54. The molecule has 1 N–H and O–H groups in total. The number of carbonyl (C=O) groups is 1. The van der Waals surface area contributed by atoms with E-state index >= 15 is 4.39 Å². The number of carboxylic acid groups (broad SMARTS) is 1. The van der Waals surface area contributed by atoms with Gasteiger partial charge in [-0.2, -0.15) is 0 Å². The van der Waals surface area contributed by atoms with E-state index in [1.165, 1.54) is 6.07 Å². The van der Waals surface area contributed by atoms with Crippen LogP contribution in [-0.4, -0.2) is 27.6 Å². The first-order valence-electron chi connectivity index (χ1n) is 10.1. The van der Waals surface area contributed by atoms with E-state index in [1.54, 1.807) is 6.07 Å². The number of benzene rings is 3. The quantitative estimate of drug-likeness (QED) is 0.491. The van der Waals surface area contributed by atoms with E-state index in [1.807, 2.05) is 19.2 Å². The third-order valence-corrected chi connectivity index (χ3v) is 5.89. The van der Waals surface area contributed by atoms with Crippen LogP contribution in [0.25, 0.3) is 27.7 Å². The van der Waals surface area contributed by atoms with Crippen molar-refractivity contribution in [1.29, 1.82) is 0 Å². The highest BCUT2D eigenvalue weighted by molar-refractivity contribution is 5.94. The molecule has 0 atom stereocenters. The van der Waals surface area contributed by atoms with Crippen LogP contribution in [0.15, 0.2) is 59.5 Å². The molecule has 0 radical (unpaired) electrons. The Morgan fingerprint density at radius 2 is 1.70 bits per heavy atom. The maximum Gasteiger partial charge on any atom is 0.341 e. The maximum atomic E-state index is 15.2. The second-order valence-electron chi connectivity index (χ2n) is 8.15. The van der Waals surface area contributed by atoms with E-state index in [-0.39, 0.29) is 22.2 Å². The smallest absolute Gasteiger partial charge is 0.341 e. The monoisotopic (exact) mass is 450 g/mol. The molecule has 8 heteroatoms. The third-order valence-electron chi connectivity index (χ3n) is 5.89. The zero-order chi connectivity index (χ0) is 23.4. The van der Waals surface area contributed by atoms with Gasteiger partial charge in [-0.1, -0.05) is 12.1 Å². The molecule has 0 unspecified atom stereocenters. The molecule has 1 aliphatic heterocycles. The summed E-state index contributed by atoms with van der Waals surface area (Å²) in [4.78, 5) is 26.5. The van der Waals surface area contributed by atoms with E-state index in [0.717, 1.165) is 46.6 Å². The van der Waals surface area contributed by atoms with Gasteiger partial charge in [-0.25, -0.2) is 18.0 Å². The Morgan fingerprint density at radius 3 is 2.42 bits per heavy atom. The molecule has 0 bridgehead atoms. The lowest BCUT2D eigenvalue weighted by Crippen LogP contribution is -2.19. The number of aromatic carboxylic acids is 1. The normalized spacial score (nSPS) is 13.5. The molecule has 5 nitrogen and oxygen atoms in total. The molecule has 3 aromatic carbocycles. The van der Waals surface area contributed by atoms with Crippen LogP contribution in [0, 0.1) is 17.5 Å². The number of hydrogen-bond donors (Lipinski definition) is 1. The van der Waals surface area contributed by atoms with E-state index < -0.39 is 34.4 Å². The minimum Gasteiger partial charge on any atom is -0.477 e. The van der Waals surface area contributed by atoms with Crippen LogP contribution in [-0.2, 0) is 13.1 Å². The van der Waals surface area contributed by atoms with Gasteiger partial charge < -0.3 is 9.67 Å². The largest absolute Gasteiger partial charge is 0.477 e. The fourth-order valence-electron chi connectivity index (χ4n) is 4.33. The highest BCUT2D eigenvalue weighted by Gasteiger charge is 2.21. The first kappa shape index (κ1) is 21.0. The molecule has 0 saturated carbocycles. The SMILES string of the molecule is CN1Cc2ccc(-c3cc4c(cc3F)c(=O)c(C(=O)O)cn4-c3ccc(F)cc3F)cc2C1. The summed E-state index contributed by atoms with van der Waals surface area (Å²) < 4.78 is 44.4. The van der Waals surface area contributed by atoms with E-state index in [2.05, 4.69) is 4.90 Å². The predicted octanol–water partition coefficient (Wildman–Crippen LogP) is 4.72. The Labute approximate surface area is 185 Å². The van der Waals surface area contributed by atoms with Crippen LogP contribution in [0.5, 0.6) is 0 Å². The van der Waals surface area contributed by atoms with Crippen LogP contribution in [0.1, 0.15) is 21.5 Å². The van der Waals surface area contributed by atoms with Gasteiger partial charge >= 0.3 is 5.97 Å². The zero-order valence-corrected chi connectivity index (χ0v) is 17.4. The summed E-state index contributed by atoms with van der Waals surface area (Å²) in [5, 5.41) is 9.24. The lowest BCUT2D eigenvalue weighted by Gasteiger charge is -2.15. The average Bonchev–Trinajstić information content (AvgIpc) is 3.13. The summed E-state index contributed by atoms with van der Waals surface area (Å²) in [6, 6.07) is 10.7. The summed E-state index contributed by atoms with van der Waals surface area (Å²) >= 11 is 0. The molecule has 0 spiro atoms. The molecular formula is C25H17F3N2O3. The first-order chi connectivity index (χ1) is 15.7. The number of halogens is 3. The second kappa shape index (κ2) is 7.60. The van der Waals surface area contributed by atoms with Gasteiger partial charge in [0.2, 0.25) is 5.43 Å². The number of pyridine rings is 1. The zero-order valence-electron chi connectivity index (χ0n) is 17.4. The molecule has 1 aromatic heterocycles. The average molecular weight is 450 g/mol. The lowest BCUT2D eigenvalue weighted by atomic mass is 9.98. The lowest BCUT2D eigenvalue weighted by molar-refractivity contribution is 0.0695. The van der Waals surface area contributed by atoms with Crippen molar-refractivity contribution < 1.29 is 23.1 Å². The number of hydrogen-bond acceptors (Lipinski definition) is 3. The summed E-state index contributed by atoms with van der Waals surface area (Å²) in [6.45, 7) is 1.50. The molecule has 166 valence electrons. The molecule has 1 aliphatic rings. The second-order valence-corrected chi connectivity index (χ2v) is 8.15. The van der Waals surface area contributed by atoms with E-state index in [9.17, 15) is 23.5 Å². The highest BCUT2D eigenvalue weighted by atomic mass is 19.1. The van der Waals surface area contributed by atoms with Gasteiger partial charge in [-0.05, 0) is 54.1 Å². The molecule has 4 aromatic rings. The molecule has 2 heterocycles. The number of fused-ring (bicyclic) bond motifs is 2. The van der Waals surface area contributed by atoms with Crippen LogP contribution in [0.3, 0.4) is 0 Å². The Hall–Kier alpha value is -3.91. The number of carboxylic acids is 1. The van der Waals surface area contributed by atoms with Crippen molar-refractivity contribution in [1.82, 2.24) is 9.47 Å². The van der Waals surface area contributed by atoms with Crippen molar-refractivity contribution in [2.75, 3.05) is 7.05 Å². The fourth-order valence-corrected chi connectivity index (χ4v) is 4.33. The van der Waals surface area contributed by atoms with Crippen molar-refractivity contribution in [3.05, 3.63) is 99.1 Å². The molecule has 0 fully saturated rings. The van der Waals surface area contributed by atoms with E-state index in [0.29, 0.717) is 18.2 Å². The van der Waals surface area contributed by atoms with Crippen molar-refractivity contribution in [3.63, 3.8) is 0 Å². The predicted molar refractivity (Wildman–Crippen MR) is 117 cm³/mol. The molecule has 0 amide bonds. The molecule has 5 rings (SSSR count). The molecule has 0 aliphatic carbocycles. The Morgan fingerprint density at radius 1 is 0.939 bits per heavy atom. The van der Waals surface area contributed by atoms with Gasteiger partial charge in [0, 0.05) is 36.3 Å². The van der Waals surface area contributed by atoms with Crippen LogP contribution in [0.2, 0.25) is 0 Å². The fraction of sp³-hybridized carbons (Fsp3) is 0.120. The standard InChI is InChI=1S/C25H17F3N2O3/c1-29-10-14-3-2-13(6-15(14)11-29)17-9-23-18(8-20(17)27)24(31)19(25(32)33)12-30(23)22-5-4-16(26)7-21(22)28/h2-9,12H,10-11H2,1H3,(H,32,33). The Bertz CT molecular complexity index is 1530. The van der Waals surface area contributed by atoms with Gasteiger partial charge in [0.05, 0.1) is 11.2 Å². The van der Waals surface area contributed by atoms with Gasteiger partial charge in [-0.15, -0.1) is 0 Å². The van der Waals surface area contributed by atoms with E-state index in [4.69, 9.17) is 0 Å². The molecule has 0 saturated heterocycles. The van der Waals surface area contributed by atoms with Crippen LogP contribution in [0.4, 0.5) is 13.2 Å². The Kier molecular flexibility index (Phi) is 4.83. The minimum absolute atomic E-state index is 0.101. The van der Waals surface area contributed by atoms with Crippen LogP contribution >= 0.6 is 0 Å². The summed E-state index contributed by atoms with van der Waals surface area (Å²) in [6.07, 6.45) is 0.975. The number of rotatable bonds is 3. The van der Waals surface area contributed by atoms with Crippen molar-refractivity contribution >= 4 is 16.9 Å². The van der Waals surface area contributed by atoms with Crippen LogP contribution < -0.4 is 5.43 Å². The number of nitrogens with zero attached hydrogens (tertiary/aromatic N) is 2.